The van der Waals surface area contributed by atoms with Gasteiger partial charge >= 0.3 is 29.6 Å². The smallest absolute Gasteiger partial charge is 1.00 e. The quantitative estimate of drug-likeness (QED) is 0.130. The Bertz CT molecular complexity index is 2140. The summed E-state index contributed by atoms with van der Waals surface area (Å²) in [5.41, 5.74) is 6.64. The number of nitrogens with zero attached hydrogens (tertiary/aromatic N) is 5. The van der Waals surface area contributed by atoms with Gasteiger partial charge in [0.05, 0.1) is 8.52 Å². The number of aromatic nitrogens is 6. The molecule has 0 saturated carbocycles. The van der Waals surface area contributed by atoms with Crippen molar-refractivity contribution in [3.8, 4) is 22.3 Å². The van der Waals surface area contributed by atoms with Gasteiger partial charge in [0.15, 0.2) is 0 Å². The van der Waals surface area contributed by atoms with Gasteiger partial charge in [-0.2, -0.15) is 0 Å². The number of hydrogen-bond donors (Lipinski definition) is 1. The predicted octanol–water partition coefficient (Wildman–Crippen LogP) is 6.32. The number of fused-ring (bicyclic) bond motifs is 4. The molecule has 0 unspecified atom stereocenters. The Labute approximate surface area is 294 Å². The zero-order valence-electron chi connectivity index (χ0n) is 26.7. The minimum Gasteiger partial charge on any atom is -1.00 e. The summed E-state index contributed by atoms with van der Waals surface area (Å²) in [5, 5.41) is 7.05. The molecule has 9 heteroatoms. The first kappa shape index (κ1) is 31.7. The van der Waals surface area contributed by atoms with Crippen LogP contribution in [0.15, 0.2) is 122 Å². The molecular weight excluding hydrogens is 673 g/mol. The summed E-state index contributed by atoms with van der Waals surface area (Å²) in [7, 11) is 1.03. The number of pyridine rings is 4. The normalized spacial score (nSPS) is 10.5. The van der Waals surface area contributed by atoms with Crippen molar-refractivity contribution in [1.82, 2.24) is 29.5 Å². The van der Waals surface area contributed by atoms with Crippen molar-refractivity contribution >= 4 is 66.2 Å². The van der Waals surface area contributed by atoms with Crippen LogP contribution in [0.4, 0.5) is 4.39 Å². The number of aromatic amines is 1. The van der Waals surface area contributed by atoms with E-state index in [9.17, 15) is 4.39 Å². The van der Waals surface area contributed by atoms with Crippen molar-refractivity contribution in [2.24, 2.45) is 7.05 Å². The molecule has 0 fully saturated rings. The molecule has 6 aromatic heterocycles. The van der Waals surface area contributed by atoms with Gasteiger partial charge in [-0.05, 0) is 51.6 Å². The zero-order chi connectivity index (χ0) is 30.9. The minimum absolute atomic E-state index is 0. The number of rotatable bonds is 2. The van der Waals surface area contributed by atoms with Crippen LogP contribution in [0.5, 0.6) is 0 Å². The summed E-state index contributed by atoms with van der Waals surface area (Å²) in [6.45, 7) is 0. The van der Waals surface area contributed by atoms with E-state index >= 15 is 0 Å². The van der Waals surface area contributed by atoms with E-state index in [2.05, 4.69) is 113 Å². The first-order valence-corrected chi connectivity index (χ1v) is 15.6. The number of nitrogens with one attached hydrogen (secondary N) is 1. The third kappa shape index (κ3) is 6.68. The van der Waals surface area contributed by atoms with Gasteiger partial charge in [-0.15, -0.1) is 0 Å². The maximum atomic E-state index is 9.96. The van der Waals surface area contributed by atoms with Crippen LogP contribution in [0, 0.1) is 0 Å². The molecule has 6 heterocycles. The third-order valence-corrected chi connectivity index (χ3v) is 7.11. The topological polar surface area (TPSA) is 72.3 Å². The minimum atomic E-state index is -1.00. The summed E-state index contributed by atoms with van der Waals surface area (Å²) in [5.74, 6) is 0. The zero-order valence-corrected chi connectivity index (χ0v) is 28.9. The molecule has 0 spiro atoms. The van der Waals surface area contributed by atoms with Crippen LogP contribution in [-0.4, -0.2) is 41.6 Å². The Morgan fingerprint density at radius 3 is 2.18 bits per heavy atom. The van der Waals surface area contributed by atoms with Crippen molar-refractivity contribution < 1.29 is 36.7 Å². The summed E-state index contributed by atoms with van der Waals surface area (Å²) in [6.07, 6.45) is 15.3. The molecule has 6 nitrogen and oxygen atoms in total. The van der Waals surface area contributed by atoms with Crippen LogP contribution in [0.3, 0.4) is 0 Å². The van der Waals surface area contributed by atoms with Crippen molar-refractivity contribution in [2.75, 3.05) is 12.1 Å². The summed E-state index contributed by atoms with van der Waals surface area (Å²) in [4.78, 5) is 22.5. The van der Waals surface area contributed by atoms with E-state index in [1.807, 2.05) is 67.4 Å². The van der Waals surface area contributed by atoms with E-state index in [-0.39, 0.29) is 31.0 Å². The molecule has 8 rings (SSSR count). The Balaban J connectivity index is 0.000000212. The van der Waals surface area contributed by atoms with Crippen LogP contribution in [0.25, 0.3) is 65.9 Å². The van der Waals surface area contributed by atoms with E-state index in [0.717, 1.165) is 38.6 Å². The Kier molecular flexibility index (Phi) is 11.4. The van der Waals surface area contributed by atoms with Crippen LogP contribution in [-0.2, 0) is 7.05 Å². The van der Waals surface area contributed by atoms with E-state index in [4.69, 9.17) is 1.37 Å². The standard InChI is InChI=1S/C17H13N3.C16H11N3.CH3F.CH3I.Na.H/c1-20-11-16(15-6-3-8-19-17(15)20)14-5-2-4-12-10-18-9-7-13(12)14;1-2-5-12-11(4-1)8-17-9-14(12)15-10-19-16-13(15)6-3-7-18-16;2*1-2;;/h2-11H,1H3;1-10H,(H,18,19);2*1H3;;/q;;;;+1;-1/i;;1D;;;. The first-order valence-electron chi connectivity index (χ1n) is 14.1. The number of alkyl halides is 2. The number of H-pyrrole nitrogens is 1. The monoisotopic (exact) mass is 705 g/mol. The summed E-state index contributed by atoms with van der Waals surface area (Å²) in [6, 6.07) is 24.8. The van der Waals surface area contributed by atoms with Crippen molar-refractivity contribution in [1.29, 1.82) is 0 Å². The number of benzene rings is 2. The SMILES string of the molecule is CI.Cn1cc(-c2cccc3cnccc23)c2cccnc21.[2H]CF.[H-].[Na+].c1ccc2c(-c3c[nH]c4ncccc34)cncc2c1. The number of hydrogen-bond acceptors (Lipinski definition) is 4. The number of halogens is 2. The second-order valence-electron chi connectivity index (χ2n) is 9.44. The first-order chi connectivity index (χ1) is 21.7. The van der Waals surface area contributed by atoms with E-state index in [1.165, 1.54) is 27.3 Å². The van der Waals surface area contributed by atoms with Crippen molar-refractivity contribution in [3.05, 3.63) is 122 Å². The molecule has 8 aromatic rings. The fraction of sp³-hybridized carbons (Fsp3) is 0.0857. The summed E-state index contributed by atoms with van der Waals surface area (Å²) < 4.78 is 17.6. The second kappa shape index (κ2) is 15.9. The van der Waals surface area contributed by atoms with Gasteiger partial charge in [0, 0.05) is 94.9 Å². The van der Waals surface area contributed by atoms with Crippen molar-refractivity contribution in [2.45, 2.75) is 0 Å². The van der Waals surface area contributed by atoms with E-state index in [0.29, 0.717) is 0 Å². The van der Waals surface area contributed by atoms with Gasteiger partial charge in [0.25, 0.3) is 0 Å². The molecule has 0 aliphatic heterocycles. The molecule has 2 aromatic carbocycles. The molecule has 1 N–H and O–H groups in total. The summed E-state index contributed by atoms with van der Waals surface area (Å²) >= 11 is 2.15. The molecule has 0 saturated heterocycles. The Morgan fingerprint density at radius 1 is 0.705 bits per heavy atom. The molecule has 0 radical (unpaired) electrons. The molecule has 216 valence electrons. The van der Waals surface area contributed by atoms with E-state index in [1.54, 1.807) is 6.20 Å². The van der Waals surface area contributed by atoms with Gasteiger partial charge in [0.1, 0.15) is 11.3 Å². The van der Waals surface area contributed by atoms with Crippen LogP contribution < -0.4 is 29.6 Å². The Hall–Kier alpha value is -3.70. The van der Waals surface area contributed by atoms with Crippen molar-refractivity contribution in [3.63, 3.8) is 0 Å². The van der Waals surface area contributed by atoms with E-state index < -0.39 is 7.15 Å². The van der Waals surface area contributed by atoms with Gasteiger partial charge < -0.3 is 11.0 Å². The third-order valence-electron chi connectivity index (χ3n) is 7.11. The largest absolute Gasteiger partial charge is 1.00 e. The van der Waals surface area contributed by atoms with Gasteiger partial charge in [0.2, 0.25) is 0 Å². The average Bonchev–Trinajstić information content (AvgIpc) is 3.67. The molecule has 0 aliphatic carbocycles. The Morgan fingerprint density at radius 2 is 1.36 bits per heavy atom. The molecule has 0 atom stereocenters. The molecular formula is C35H31FIN6Na. The van der Waals surface area contributed by atoms with Gasteiger partial charge in [-0.1, -0.05) is 65.1 Å². The molecule has 44 heavy (non-hydrogen) atoms. The van der Waals surface area contributed by atoms with Crippen LogP contribution in [0.2, 0.25) is 0 Å². The average molecular weight is 706 g/mol. The van der Waals surface area contributed by atoms with Crippen LogP contribution in [0.1, 0.15) is 2.80 Å². The second-order valence-corrected chi connectivity index (χ2v) is 9.44. The van der Waals surface area contributed by atoms with Crippen LogP contribution >= 0.6 is 22.6 Å². The molecule has 0 aliphatic rings. The van der Waals surface area contributed by atoms with Gasteiger partial charge in [-0.25, -0.2) is 9.97 Å². The fourth-order valence-electron chi connectivity index (χ4n) is 5.29. The maximum absolute atomic E-state index is 9.96. The maximum Gasteiger partial charge on any atom is 1.00 e. The molecule has 0 amide bonds. The van der Waals surface area contributed by atoms with Gasteiger partial charge in [-0.3, -0.25) is 14.4 Å². The predicted molar refractivity (Wildman–Crippen MR) is 186 cm³/mol. The fourth-order valence-corrected chi connectivity index (χ4v) is 5.29. The number of aryl methyl sites for hydroxylation is 1. The molecule has 0 bridgehead atoms.